The highest BCUT2D eigenvalue weighted by molar-refractivity contribution is 5.94. The molecule has 1 N–H and O–H groups in total. The lowest BCUT2D eigenvalue weighted by molar-refractivity contribution is 0.0933. The zero-order valence-corrected chi connectivity index (χ0v) is 13.5. The Bertz CT molecular complexity index is 793. The summed E-state index contributed by atoms with van der Waals surface area (Å²) in [5.41, 5.74) is 1.61. The molecule has 0 radical (unpaired) electrons. The number of hydrogen-bond acceptors (Lipinski definition) is 6. The highest BCUT2D eigenvalue weighted by Gasteiger charge is 2.18. The van der Waals surface area contributed by atoms with Gasteiger partial charge in [-0.1, -0.05) is 19.1 Å². The van der Waals surface area contributed by atoms with Crippen LogP contribution in [-0.4, -0.2) is 40.9 Å². The number of carbonyl (C=O) groups excluding carboxylic acids is 1. The van der Waals surface area contributed by atoms with E-state index in [1.165, 1.54) is 6.33 Å². The lowest BCUT2D eigenvalue weighted by Gasteiger charge is -2.16. The molecule has 1 amide bonds. The van der Waals surface area contributed by atoms with Crippen LogP contribution in [0.4, 0.5) is 0 Å². The normalized spacial score (nSPS) is 12.1. The Hall–Kier alpha value is -3.10. The molecule has 0 unspecified atom stereocenters. The Morgan fingerprint density at radius 1 is 1.29 bits per heavy atom. The molecule has 0 spiro atoms. The molecule has 3 aromatic rings. The fourth-order valence-corrected chi connectivity index (χ4v) is 2.41. The van der Waals surface area contributed by atoms with E-state index in [1.807, 2.05) is 26.1 Å². The number of carbonyl (C=O) groups is 1. The second-order valence-electron chi connectivity index (χ2n) is 5.38. The van der Waals surface area contributed by atoms with Gasteiger partial charge in [0.15, 0.2) is 0 Å². The predicted octanol–water partition coefficient (Wildman–Crippen LogP) is 0.731. The van der Waals surface area contributed by atoms with Crippen LogP contribution >= 0.6 is 0 Å². The highest BCUT2D eigenvalue weighted by Crippen LogP contribution is 2.14. The fraction of sp³-hybridized carbons (Fsp3) is 0.333. The first-order chi connectivity index (χ1) is 11.7. The van der Waals surface area contributed by atoms with Gasteiger partial charge in [0.25, 0.3) is 5.91 Å². The summed E-state index contributed by atoms with van der Waals surface area (Å²) in [6.07, 6.45) is 3.76. The summed E-state index contributed by atoms with van der Waals surface area (Å²) in [6, 6.07) is 7.18. The van der Waals surface area contributed by atoms with Crippen molar-refractivity contribution in [1.29, 1.82) is 0 Å². The van der Waals surface area contributed by atoms with Gasteiger partial charge in [0, 0.05) is 12.6 Å². The van der Waals surface area contributed by atoms with Crippen molar-refractivity contribution in [2.24, 2.45) is 7.05 Å². The number of amides is 1. The molecule has 0 saturated carbocycles. The van der Waals surface area contributed by atoms with Crippen LogP contribution in [0.3, 0.4) is 0 Å². The number of aryl methyl sites for hydroxylation is 1. The third kappa shape index (κ3) is 3.45. The van der Waals surface area contributed by atoms with Crippen molar-refractivity contribution >= 4 is 5.91 Å². The van der Waals surface area contributed by atoms with Gasteiger partial charge in [-0.05, 0) is 34.5 Å². The van der Waals surface area contributed by atoms with E-state index < -0.39 is 0 Å². The first-order valence-electron chi connectivity index (χ1n) is 7.62. The molecule has 3 rings (SSSR count). The zero-order valence-electron chi connectivity index (χ0n) is 13.5. The van der Waals surface area contributed by atoms with Crippen molar-refractivity contribution < 1.29 is 4.79 Å². The molecule has 0 aliphatic heterocycles. The molecule has 2 heterocycles. The molecule has 0 saturated heterocycles. The first-order valence-corrected chi connectivity index (χ1v) is 7.62. The van der Waals surface area contributed by atoms with Crippen LogP contribution in [0.5, 0.6) is 0 Å². The average molecular weight is 326 g/mol. The molecule has 24 heavy (non-hydrogen) atoms. The predicted molar refractivity (Wildman–Crippen MR) is 84.9 cm³/mol. The van der Waals surface area contributed by atoms with E-state index in [9.17, 15) is 4.79 Å². The van der Waals surface area contributed by atoms with Crippen molar-refractivity contribution in [1.82, 2.24) is 40.3 Å². The molecule has 1 aromatic carbocycles. The average Bonchev–Trinajstić information content (AvgIpc) is 3.25. The molecule has 0 bridgehead atoms. The molecule has 0 fully saturated rings. The largest absolute Gasteiger partial charge is 0.342 e. The van der Waals surface area contributed by atoms with E-state index in [2.05, 4.69) is 30.9 Å². The van der Waals surface area contributed by atoms with Crippen LogP contribution < -0.4 is 5.32 Å². The standard InChI is InChI=1S/C15H18N8O/c1-3-13(14-16-9-18-22(14)2)19-15(24)12-6-4-11(5-7-12)8-23-10-17-20-21-23/h4-7,9-10,13H,3,8H2,1-2H3,(H,19,24)/t13-/m1/s1. The molecule has 1 atom stereocenters. The van der Waals surface area contributed by atoms with Crippen molar-refractivity contribution in [2.45, 2.75) is 25.9 Å². The Morgan fingerprint density at radius 3 is 2.67 bits per heavy atom. The molecular weight excluding hydrogens is 308 g/mol. The van der Waals surface area contributed by atoms with Crippen molar-refractivity contribution in [2.75, 3.05) is 0 Å². The van der Waals surface area contributed by atoms with Gasteiger partial charge in [-0.2, -0.15) is 5.10 Å². The number of rotatable bonds is 6. The zero-order chi connectivity index (χ0) is 16.9. The first kappa shape index (κ1) is 15.8. The Morgan fingerprint density at radius 2 is 2.08 bits per heavy atom. The summed E-state index contributed by atoms with van der Waals surface area (Å²) >= 11 is 0. The quantitative estimate of drug-likeness (QED) is 0.716. The van der Waals surface area contributed by atoms with E-state index in [4.69, 9.17) is 0 Å². The summed E-state index contributed by atoms with van der Waals surface area (Å²) in [6.45, 7) is 2.56. The maximum atomic E-state index is 12.4. The number of benzene rings is 1. The van der Waals surface area contributed by atoms with Gasteiger partial charge in [-0.15, -0.1) is 5.10 Å². The fourth-order valence-electron chi connectivity index (χ4n) is 2.41. The van der Waals surface area contributed by atoms with Crippen molar-refractivity contribution in [3.05, 3.63) is 53.9 Å². The molecule has 124 valence electrons. The second kappa shape index (κ2) is 6.99. The monoisotopic (exact) mass is 326 g/mol. The summed E-state index contributed by atoms with van der Waals surface area (Å²) in [7, 11) is 1.81. The third-order valence-electron chi connectivity index (χ3n) is 3.72. The number of nitrogens with one attached hydrogen (secondary N) is 1. The van der Waals surface area contributed by atoms with Crippen molar-refractivity contribution in [3.8, 4) is 0 Å². The van der Waals surface area contributed by atoms with Crippen LogP contribution in [0.25, 0.3) is 0 Å². The van der Waals surface area contributed by atoms with Crippen molar-refractivity contribution in [3.63, 3.8) is 0 Å². The van der Waals surface area contributed by atoms with Crippen LogP contribution in [0.15, 0.2) is 36.9 Å². The van der Waals surface area contributed by atoms with E-state index >= 15 is 0 Å². The summed E-state index contributed by atoms with van der Waals surface area (Å²) < 4.78 is 3.29. The molecule has 9 nitrogen and oxygen atoms in total. The number of hydrogen-bond donors (Lipinski definition) is 1. The smallest absolute Gasteiger partial charge is 0.251 e. The third-order valence-corrected chi connectivity index (χ3v) is 3.72. The van der Waals surface area contributed by atoms with E-state index in [-0.39, 0.29) is 11.9 Å². The minimum atomic E-state index is -0.175. The van der Waals surface area contributed by atoms with Gasteiger partial charge in [-0.3, -0.25) is 9.48 Å². The lowest BCUT2D eigenvalue weighted by Crippen LogP contribution is -2.30. The molecule has 0 aliphatic rings. The Balaban J connectivity index is 1.67. The minimum Gasteiger partial charge on any atom is -0.342 e. The van der Waals surface area contributed by atoms with Gasteiger partial charge >= 0.3 is 0 Å². The molecule has 2 aromatic heterocycles. The number of tetrazole rings is 1. The molecule has 0 aliphatic carbocycles. The summed E-state index contributed by atoms with van der Waals surface area (Å²) in [5.74, 6) is 0.597. The minimum absolute atomic E-state index is 0.140. The van der Waals surface area contributed by atoms with Gasteiger partial charge in [-0.25, -0.2) is 9.67 Å². The van der Waals surface area contributed by atoms with Gasteiger partial charge < -0.3 is 5.32 Å². The van der Waals surface area contributed by atoms with Gasteiger partial charge in [0.05, 0.1) is 12.6 Å². The topological polar surface area (TPSA) is 103 Å². The lowest BCUT2D eigenvalue weighted by atomic mass is 10.1. The maximum absolute atomic E-state index is 12.4. The van der Waals surface area contributed by atoms with Gasteiger partial charge in [0.1, 0.15) is 18.5 Å². The summed E-state index contributed by atoms with van der Waals surface area (Å²) in [4.78, 5) is 16.6. The SMILES string of the molecule is CC[C@@H](NC(=O)c1ccc(Cn2cnnn2)cc1)c1ncnn1C. The van der Waals surface area contributed by atoms with Crippen LogP contribution in [0.2, 0.25) is 0 Å². The van der Waals surface area contributed by atoms with E-state index in [0.717, 1.165) is 17.8 Å². The van der Waals surface area contributed by atoms with Crippen LogP contribution in [0, 0.1) is 0 Å². The van der Waals surface area contributed by atoms with E-state index in [0.29, 0.717) is 12.1 Å². The summed E-state index contributed by atoms with van der Waals surface area (Å²) in [5, 5.41) is 18.0. The number of aromatic nitrogens is 7. The maximum Gasteiger partial charge on any atom is 0.251 e. The van der Waals surface area contributed by atoms with Crippen LogP contribution in [0.1, 0.15) is 41.1 Å². The molecule has 9 heteroatoms. The highest BCUT2D eigenvalue weighted by atomic mass is 16.1. The van der Waals surface area contributed by atoms with Gasteiger partial charge in [0.2, 0.25) is 0 Å². The Labute approximate surface area is 138 Å². The molecular formula is C15H18N8O. The van der Waals surface area contributed by atoms with E-state index in [1.54, 1.807) is 27.8 Å². The Kier molecular flexibility index (Phi) is 4.59. The second-order valence-corrected chi connectivity index (χ2v) is 5.38. The van der Waals surface area contributed by atoms with Crippen LogP contribution in [-0.2, 0) is 13.6 Å². The number of nitrogens with zero attached hydrogens (tertiary/aromatic N) is 7.